The van der Waals surface area contributed by atoms with Gasteiger partial charge < -0.3 is 14.8 Å². The Morgan fingerprint density at radius 1 is 1.42 bits per heavy atom. The first kappa shape index (κ1) is 16.0. The van der Waals surface area contributed by atoms with Crippen LogP contribution in [0.3, 0.4) is 0 Å². The fraction of sp³-hybridized carbons (Fsp3) is 0.500. The van der Waals surface area contributed by atoms with Crippen molar-refractivity contribution in [3.63, 3.8) is 0 Å². The van der Waals surface area contributed by atoms with Gasteiger partial charge in [-0.15, -0.1) is 0 Å². The third-order valence-electron chi connectivity index (χ3n) is 2.62. The Kier molecular flexibility index (Phi) is 7.52. The van der Waals surface area contributed by atoms with Crippen molar-refractivity contribution in [2.45, 2.75) is 26.3 Å². The predicted molar refractivity (Wildman–Crippen MR) is 78.3 cm³/mol. The molecular formula is C14H20BrNO3. The number of nitrogens with one attached hydrogen (secondary N) is 1. The third-order valence-corrected chi connectivity index (χ3v) is 3.11. The van der Waals surface area contributed by atoms with E-state index in [-0.39, 0.29) is 5.91 Å². The van der Waals surface area contributed by atoms with Gasteiger partial charge in [-0.3, -0.25) is 4.79 Å². The first-order valence-corrected chi connectivity index (χ1v) is 7.13. The SMILES string of the molecule is CCOCCCC(=O)NCc1cc(Br)ccc1OC. The lowest BCUT2D eigenvalue weighted by molar-refractivity contribution is -0.121. The number of carbonyl (C=O) groups is 1. The van der Waals surface area contributed by atoms with Crippen molar-refractivity contribution in [2.24, 2.45) is 0 Å². The zero-order valence-electron chi connectivity index (χ0n) is 11.4. The molecule has 0 saturated carbocycles. The minimum atomic E-state index is 0.0294. The van der Waals surface area contributed by atoms with Crippen LogP contribution in [0.1, 0.15) is 25.3 Å². The highest BCUT2D eigenvalue weighted by atomic mass is 79.9. The maximum absolute atomic E-state index is 11.6. The monoisotopic (exact) mass is 329 g/mol. The van der Waals surface area contributed by atoms with Crippen LogP contribution in [0.5, 0.6) is 5.75 Å². The van der Waals surface area contributed by atoms with Crippen LogP contribution in [-0.2, 0) is 16.1 Å². The van der Waals surface area contributed by atoms with Crippen molar-refractivity contribution in [3.05, 3.63) is 28.2 Å². The standard InChI is InChI=1S/C14H20BrNO3/c1-3-19-8-4-5-14(17)16-10-11-9-12(15)6-7-13(11)18-2/h6-7,9H,3-5,8,10H2,1-2H3,(H,16,17). The number of carbonyl (C=O) groups excluding carboxylic acids is 1. The maximum Gasteiger partial charge on any atom is 0.220 e. The smallest absolute Gasteiger partial charge is 0.220 e. The molecule has 0 radical (unpaired) electrons. The van der Waals surface area contributed by atoms with Gasteiger partial charge in [0.15, 0.2) is 0 Å². The molecule has 0 bridgehead atoms. The van der Waals surface area contributed by atoms with Gasteiger partial charge in [0.1, 0.15) is 5.75 Å². The van der Waals surface area contributed by atoms with E-state index in [2.05, 4.69) is 21.2 Å². The highest BCUT2D eigenvalue weighted by Crippen LogP contribution is 2.22. The van der Waals surface area contributed by atoms with E-state index >= 15 is 0 Å². The first-order chi connectivity index (χ1) is 9.17. The summed E-state index contributed by atoms with van der Waals surface area (Å²) in [6.45, 7) is 3.73. The second-order valence-corrected chi connectivity index (χ2v) is 4.95. The summed E-state index contributed by atoms with van der Waals surface area (Å²) < 4.78 is 11.4. The minimum Gasteiger partial charge on any atom is -0.496 e. The van der Waals surface area contributed by atoms with Crippen molar-refractivity contribution in [1.82, 2.24) is 5.32 Å². The molecule has 0 fully saturated rings. The number of rotatable bonds is 8. The Balaban J connectivity index is 2.39. The van der Waals surface area contributed by atoms with Crippen molar-refractivity contribution < 1.29 is 14.3 Å². The Labute approximate surface area is 122 Å². The molecule has 1 aromatic rings. The Morgan fingerprint density at radius 2 is 2.21 bits per heavy atom. The van der Waals surface area contributed by atoms with E-state index in [1.807, 2.05) is 25.1 Å². The van der Waals surface area contributed by atoms with Crippen LogP contribution >= 0.6 is 15.9 Å². The number of amides is 1. The molecule has 0 aromatic heterocycles. The van der Waals surface area contributed by atoms with Crippen molar-refractivity contribution in [3.8, 4) is 5.75 Å². The van der Waals surface area contributed by atoms with Gasteiger partial charge in [-0.2, -0.15) is 0 Å². The quantitative estimate of drug-likeness (QED) is 0.746. The van der Waals surface area contributed by atoms with Crippen LogP contribution in [0.4, 0.5) is 0 Å². The molecule has 1 aromatic carbocycles. The summed E-state index contributed by atoms with van der Waals surface area (Å²) in [5.74, 6) is 0.805. The molecule has 0 aliphatic rings. The second-order valence-electron chi connectivity index (χ2n) is 4.03. The highest BCUT2D eigenvalue weighted by Gasteiger charge is 2.06. The van der Waals surface area contributed by atoms with Gasteiger partial charge in [0.2, 0.25) is 5.91 Å². The molecule has 0 heterocycles. The van der Waals surface area contributed by atoms with Crippen LogP contribution in [0.2, 0.25) is 0 Å². The molecule has 5 heteroatoms. The molecular weight excluding hydrogens is 310 g/mol. The lowest BCUT2D eigenvalue weighted by Gasteiger charge is -2.10. The summed E-state index contributed by atoms with van der Waals surface area (Å²) in [5.41, 5.74) is 0.954. The predicted octanol–water partition coefficient (Wildman–Crippen LogP) is 2.89. The summed E-state index contributed by atoms with van der Waals surface area (Å²) >= 11 is 3.41. The number of halogens is 1. The van der Waals surface area contributed by atoms with Gasteiger partial charge >= 0.3 is 0 Å². The van der Waals surface area contributed by atoms with E-state index in [0.717, 1.165) is 22.2 Å². The van der Waals surface area contributed by atoms with E-state index in [1.54, 1.807) is 7.11 Å². The maximum atomic E-state index is 11.6. The number of methoxy groups -OCH3 is 1. The molecule has 1 N–H and O–H groups in total. The van der Waals surface area contributed by atoms with Crippen molar-refractivity contribution in [2.75, 3.05) is 20.3 Å². The molecule has 0 unspecified atom stereocenters. The normalized spacial score (nSPS) is 10.3. The average Bonchev–Trinajstić information content (AvgIpc) is 2.41. The van der Waals surface area contributed by atoms with Crippen LogP contribution < -0.4 is 10.1 Å². The van der Waals surface area contributed by atoms with Gasteiger partial charge in [0, 0.05) is 36.2 Å². The molecule has 106 valence electrons. The molecule has 0 saturated heterocycles. The molecule has 0 spiro atoms. The Hall–Kier alpha value is -1.07. The molecule has 0 aliphatic heterocycles. The highest BCUT2D eigenvalue weighted by molar-refractivity contribution is 9.10. The van der Waals surface area contributed by atoms with Crippen LogP contribution in [0, 0.1) is 0 Å². The lowest BCUT2D eigenvalue weighted by Crippen LogP contribution is -2.23. The van der Waals surface area contributed by atoms with Crippen LogP contribution in [0.15, 0.2) is 22.7 Å². The summed E-state index contributed by atoms with van der Waals surface area (Å²) in [4.78, 5) is 11.6. The van der Waals surface area contributed by atoms with Crippen molar-refractivity contribution in [1.29, 1.82) is 0 Å². The molecule has 1 rings (SSSR count). The van der Waals surface area contributed by atoms with Gasteiger partial charge in [-0.25, -0.2) is 0 Å². The molecule has 0 atom stereocenters. The van der Waals surface area contributed by atoms with Crippen molar-refractivity contribution >= 4 is 21.8 Å². The largest absolute Gasteiger partial charge is 0.496 e. The topological polar surface area (TPSA) is 47.6 Å². The number of benzene rings is 1. The third kappa shape index (κ3) is 6.07. The molecule has 19 heavy (non-hydrogen) atoms. The summed E-state index contributed by atoms with van der Waals surface area (Å²) in [7, 11) is 1.62. The Bertz CT molecular complexity index is 410. The van der Waals surface area contributed by atoms with E-state index in [4.69, 9.17) is 9.47 Å². The zero-order valence-corrected chi connectivity index (χ0v) is 13.0. The van der Waals surface area contributed by atoms with Gasteiger partial charge in [0.25, 0.3) is 0 Å². The molecule has 4 nitrogen and oxygen atoms in total. The number of hydrogen-bond donors (Lipinski definition) is 1. The van der Waals surface area contributed by atoms with Gasteiger partial charge in [-0.1, -0.05) is 15.9 Å². The molecule has 0 aliphatic carbocycles. The first-order valence-electron chi connectivity index (χ1n) is 6.34. The number of ether oxygens (including phenoxy) is 2. The lowest BCUT2D eigenvalue weighted by atomic mass is 10.2. The summed E-state index contributed by atoms with van der Waals surface area (Å²) in [6.07, 6.45) is 1.23. The van der Waals surface area contributed by atoms with Gasteiger partial charge in [-0.05, 0) is 31.5 Å². The second kappa shape index (κ2) is 8.93. The Morgan fingerprint density at radius 3 is 2.89 bits per heavy atom. The zero-order chi connectivity index (χ0) is 14.1. The van der Waals surface area contributed by atoms with E-state index in [9.17, 15) is 4.79 Å². The van der Waals surface area contributed by atoms with E-state index < -0.39 is 0 Å². The number of hydrogen-bond acceptors (Lipinski definition) is 3. The average molecular weight is 330 g/mol. The van der Waals surface area contributed by atoms with Gasteiger partial charge in [0.05, 0.1) is 7.11 Å². The molecule has 1 amide bonds. The van der Waals surface area contributed by atoms with E-state index in [1.165, 1.54) is 0 Å². The summed E-state index contributed by atoms with van der Waals surface area (Å²) in [6, 6.07) is 5.73. The fourth-order valence-electron chi connectivity index (χ4n) is 1.65. The fourth-order valence-corrected chi connectivity index (χ4v) is 2.06. The van der Waals surface area contributed by atoms with E-state index in [0.29, 0.717) is 26.2 Å². The summed E-state index contributed by atoms with van der Waals surface area (Å²) in [5, 5.41) is 2.88. The minimum absolute atomic E-state index is 0.0294. The van der Waals surface area contributed by atoms with Crippen LogP contribution in [-0.4, -0.2) is 26.2 Å². The van der Waals surface area contributed by atoms with Crippen LogP contribution in [0.25, 0.3) is 0 Å².